The summed E-state index contributed by atoms with van der Waals surface area (Å²) in [4.78, 5) is 28.7. The first-order valence-corrected chi connectivity index (χ1v) is 10.6. The molecule has 144 valence electrons. The zero-order valence-electron chi connectivity index (χ0n) is 16.4. The molecule has 0 bridgehead atoms. The van der Waals surface area contributed by atoms with Gasteiger partial charge in [-0.2, -0.15) is 0 Å². The van der Waals surface area contributed by atoms with Crippen LogP contribution >= 0.6 is 11.3 Å². The molecule has 29 heavy (non-hydrogen) atoms. The number of anilines is 1. The van der Waals surface area contributed by atoms with Crippen LogP contribution in [0.4, 0.5) is 5.69 Å². The monoisotopic (exact) mass is 399 g/mol. The van der Waals surface area contributed by atoms with Crippen LogP contribution in [0.2, 0.25) is 0 Å². The fourth-order valence-corrected chi connectivity index (χ4v) is 5.95. The van der Waals surface area contributed by atoms with E-state index in [2.05, 4.69) is 5.32 Å². The van der Waals surface area contributed by atoms with Crippen LogP contribution in [0, 0.1) is 0 Å². The molecule has 4 heteroatoms. The number of fused-ring (bicyclic) bond motifs is 2. The van der Waals surface area contributed by atoms with Crippen LogP contribution < -0.4 is 5.32 Å². The lowest BCUT2D eigenvalue weighted by atomic mass is 9.52. The van der Waals surface area contributed by atoms with Gasteiger partial charge in [0.1, 0.15) is 0 Å². The van der Waals surface area contributed by atoms with Gasteiger partial charge in [-0.1, -0.05) is 48.5 Å². The molecule has 1 aliphatic carbocycles. The summed E-state index contributed by atoms with van der Waals surface area (Å²) >= 11 is 1.63. The van der Waals surface area contributed by atoms with Crippen LogP contribution in [0.15, 0.2) is 71.6 Å². The fraction of sp³-hybridized carbons (Fsp3) is 0.200. The molecule has 0 unspecified atom stereocenters. The smallest absolute Gasteiger partial charge is 0.236 e. The molecular formula is C25H21NO2S. The molecule has 2 heterocycles. The number of amides is 1. The predicted octanol–water partition coefficient (Wildman–Crippen LogP) is 5.12. The van der Waals surface area contributed by atoms with Gasteiger partial charge in [0.05, 0.1) is 10.8 Å². The Morgan fingerprint density at radius 3 is 2.41 bits per heavy atom. The van der Waals surface area contributed by atoms with Gasteiger partial charge < -0.3 is 5.32 Å². The Bertz CT molecular complexity index is 1180. The van der Waals surface area contributed by atoms with Gasteiger partial charge in [0.25, 0.3) is 0 Å². The maximum Gasteiger partial charge on any atom is 0.236 e. The summed E-state index contributed by atoms with van der Waals surface area (Å²) in [6, 6.07) is 19.8. The Balaban J connectivity index is 1.87. The van der Waals surface area contributed by atoms with Crippen molar-refractivity contribution in [3.63, 3.8) is 0 Å². The van der Waals surface area contributed by atoms with Gasteiger partial charge in [-0.25, -0.2) is 0 Å². The third kappa shape index (κ3) is 2.29. The van der Waals surface area contributed by atoms with Gasteiger partial charge in [-0.3, -0.25) is 9.59 Å². The SMILES string of the molecule is CC1=Cc2ccccc2[C@](C)([C@@]2(Cc3cccs3)C(=O)Nc3ccccc32)C1=O. The third-order valence-corrected chi connectivity index (χ3v) is 7.46. The zero-order valence-corrected chi connectivity index (χ0v) is 17.2. The maximum absolute atomic E-state index is 13.8. The van der Waals surface area contributed by atoms with Gasteiger partial charge in [-0.15, -0.1) is 11.3 Å². The molecule has 1 amide bonds. The van der Waals surface area contributed by atoms with Crippen molar-refractivity contribution in [3.8, 4) is 0 Å². The predicted molar refractivity (Wildman–Crippen MR) is 117 cm³/mol. The standard InChI is InChI=1S/C25H21NO2S/c1-16-14-17-8-3-4-10-19(17)24(2,22(16)27)25(15-18-9-7-13-29-18)20-11-5-6-12-21(20)26-23(25)28/h3-14H,15H2,1-2H3,(H,26,28)/t24-,25+/m0/s1. The first kappa shape index (κ1) is 18.1. The highest BCUT2D eigenvalue weighted by molar-refractivity contribution is 7.09. The molecule has 2 atom stereocenters. The molecule has 3 aromatic rings. The van der Waals surface area contributed by atoms with Gasteiger partial charge in [-0.05, 0) is 59.7 Å². The average molecular weight is 400 g/mol. The van der Waals surface area contributed by atoms with Crippen molar-refractivity contribution in [2.24, 2.45) is 0 Å². The van der Waals surface area contributed by atoms with E-state index in [1.807, 2.05) is 86.0 Å². The second kappa shape index (κ2) is 6.26. The van der Waals surface area contributed by atoms with E-state index in [1.165, 1.54) is 0 Å². The Morgan fingerprint density at radius 2 is 1.66 bits per heavy atom. The van der Waals surface area contributed by atoms with Gasteiger partial charge in [0, 0.05) is 17.0 Å². The van der Waals surface area contributed by atoms with Crippen molar-refractivity contribution >= 4 is 34.8 Å². The highest BCUT2D eigenvalue weighted by Crippen LogP contribution is 2.56. The normalized spacial score (nSPS) is 25.2. The number of thiophene rings is 1. The van der Waals surface area contributed by atoms with Gasteiger partial charge in [0.15, 0.2) is 5.78 Å². The fourth-order valence-electron chi connectivity index (χ4n) is 5.16. The number of hydrogen-bond donors (Lipinski definition) is 1. The number of ketones is 1. The summed E-state index contributed by atoms with van der Waals surface area (Å²) in [6.45, 7) is 3.81. The second-order valence-corrected chi connectivity index (χ2v) is 9.06. The average Bonchev–Trinajstić information content (AvgIpc) is 3.33. The molecule has 0 saturated heterocycles. The number of rotatable bonds is 3. The molecule has 2 aromatic carbocycles. The molecule has 1 aliphatic heterocycles. The highest BCUT2D eigenvalue weighted by atomic mass is 32.1. The number of carbonyl (C=O) groups is 2. The minimum absolute atomic E-state index is 0.0135. The number of hydrogen-bond acceptors (Lipinski definition) is 3. The molecule has 0 fully saturated rings. The van der Waals surface area contributed by atoms with Crippen LogP contribution in [0.3, 0.4) is 0 Å². The van der Waals surface area contributed by atoms with E-state index in [1.54, 1.807) is 11.3 Å². The van der Waals surface area contributed by atoms with Gasteiger partial charge in [0.2, 0.25) is 5.91 Å². The molecule has 5 rings (SSSR count). The lowest BCUT2D eigenvalue weighted by molar-refractivity contribution is -0.132. The third-order valence-electron chi connectivity index (χ3n) is 6.58. The maximum atomic E-state index is 13.8. The molecular weight excluding hydrogens is 378 g/mol. The Morgan fingerprint density at radius 1 is 0.931 bits per heavy atom. The van der Waals surface area contributed by atoms with Gasteiger partial charge >= 0.3 is 0 Å². The van der Waals surface area contributed by atoms with E-state index in [0.29, 0.717) is 12.0 Å². The number of Topliss-reactive ketones (excluding diaryl/α,β-unsaturated/α-hetero) is 1. The minimum Gasteiger partial charge on any atom is -0.325 e. The van der Waals surface area contributed by atoms with E-state index >= 15 is 0 Å². The second-order valence-electron chi connectivity index (χ2n) is 8.03. The van der Waals surface area contributed by atoms with Crippen molar-refractivity contribution < 1.29 is 9.59 Å². The first-order valence-electron chi connectivity index (χ1n) is 9.74. The van der Waals surface area contributed by atoms with Crippen LogP contribution in [0.1, 0.15) is 35.4 Å². The molecule has 0 radical (unpaired) electrons. The van der Waals surface area contributed by atoms with Crippen LogP contribution in [0.25, 0.3) is 6.08 Å². The molecule has 1 aromatic heterocycles. The number of nitrogens with one attached hydrogen (secondary N) is 1. The van der Waals surface area contributed by atoms with Crippen molar-refractivity contribution in [1.82, 2.24) is 0 Å². The van der Waals surface area contributed by atoms with Crippen LogP contribution in [-0.4, -0.2) is 11.7 Å². The zero-order chi connectivity index (χ0) is 20.2. The summed E-state index contributed by atoms with van der Waals surface area (Å²) in [5, 5.41) is 5.10. The number of allylic oxidation sites excluding steroid dienone is 1. The van der Waals surface area contributed by atoms with E-state index in [4.69, 9.17) is 0 Å². The van der Waals surface area contributed by atoms with E-state index in [-0.39, 0.29) is 11.7 Å². The molecule has 1 N–H and O–H groups in total. The summed E-state index contributed by atoms with van der Waals surface area (Å²) < 4.78 is 0. The largest absolute Gasteiger partial charge is 0.325 e. The van der Waals surface area contributed by atoms with Crippen molar-refractivity contribution in [2.45, 2.75) is 31.1 Å². The summed E-state index contributed by atoms with van der Waals surface area (Å²) in [5.74, 6) is -0.0907. The molecule has 3 nitrogen and oxygen atoms in total. The minimum atomic E-state index is -1.02. The summed E-state index contributed by atoms with van der Waals surface area (Å²) in [5.41, 5.74) is 2.29. The van der Waals surface area contributed by atoms with Crippen LogP contribution in [-0.2, 0) is 26.8 Å². The van der Waals surface area contributed by atoms with Crippen LogP contribution in [0.5, 0.6) is 0 Å². The number of benzene rings is 2. The van der Waals surface area contributed by atoms with E-state index in [0.717, 1.165) is 27.3 Å². The van der Waals surface area contributed by atoms with E-state index in [9.17, 15) is 9.59 Å². The topological polar surface area (TPSA) is 46.2 Å². The number of para-hydroxylation sites is 1. The molecule has 2 aliphatic rings. The van der Waals surface area contributed by atoms with Crippen molar-refractivity contribution in [2.75, 3.05) is 5.32 Å². The Kier molecular flexibility index (Phi) is 3.90. The Hall–Kier alpha value is -2.98. The highest BCUT2D eigenvalue weighted by Gasteiger charge is 2.63. The summed E-state index contributed by atoms with van der Waals surface area (Å²) in [6.07, 6.45) is 2.42. The Labute approximate surface area is 174 Å². The summed E-state index contributed by atoms with van der Waals surface area (Å²) in [7, 11) is 0. The number of carbonyl (C=O) groups excluding carboxylic acids is 2. The first-order chi connectivity index (χ1) is 14.0. The molecule has 0 saturated carbocycles. The van der Waals surface area contributed by atoms with Crippen molar-refractivity contribution in [1.29, 1.82) is 0 Å². The lowest BCUT2D eigenvalue weighted by Crippen LogP contribution is -2.58. The van der Waals surface area contributed by atoms with E-state index < -0.39 is 10.8 Å². The quantitative estimate of drug-likeness (QED) is 0.664. The van der Waals surface area contributed by atoms with Crippen molar-refractivity contribution in [3.05, 3.63) is 93.2 Å². The molecule has 0 spiro atoms. The lowest BCUT2D eigenvalue weighted by Gasteiger charge is -2.46.